The first kappa shape index (κ1) is 12.7. The molecule has 1 unspecified atom stereocenters. The zero-order chi connectivity index (χ0) is 13.0. The molecule has 0 fully saturated rings. The van der Waals surface area contributed by atoms with Crippen molar-refractivity contribution in [2.75, 3.05) is 19.8 Å². The molecule has 0 saturated heterocycles. The van der Waals surface area contributed by atoms with Crippen molar-refractivity contribution in [1.82, 2.24) is 5.32 Å². The molecule has 1 aliphatic rings. The fourth-order valence-corrected chi connectivity index (χ4v) is 1.73. The van der Waals surface area contributed by atoms with Gasteiger partial charge in [-0.15, -0.1) is 0 Å². The fraction of sp³-hybridized carbons (Fsp3) is 0.462. The zero-order valence-electron chi connectivity index (χ0n) is 10.4. The van der Waals surface area contributed by atoms with E-state index in [1.165, 1.54) is 0 Å². The highest BCUT2D eigenvalue weighted by atomic mass is 16.5. The Morgan fingerprint density at radius 1 is 1.56 bits per heavy atom. The number of hydrogen-bond acceptors (Lipinski definition) is 4. The van der Waals surface area contributed by atoms with Crippen LogP contribution in [0.3, 0.4) is 0 Å². The van der Waals surface area contributed by atoms with Crippen molar-refractivity contribution in [3.63, 3.8) is 0 Å². The summed E-state index contributed by atoms with van der Waals surface area (Å²) in [6.45, 7) is 3.52. The molecule has 18 heavy (non-hydrogen) atoms. The summed E-state index contributed by atoms with van der Waals surface area (Å²) in [6, 6.07) is 5.29. The SMILES string of the molecule is CC1COc2ccc(OCCCN)cc2C(=O)N1. The van der Waals surface area contributed by atoms with Gasteiger partial charge in [0, 0.05) is 0 Å². The van der Waals surface area contributed by atoms with Gasteiger partial charge in [0.15, 0.2) is 0 Å². The van der Waals surface area contributed by atoms with Crippen molar-refractivity contribution in [2.45, 2.75) is 19.4 Å². The van der Waals surface area contributed by atoms with E-state index in [2.05, 4.69) is 5.32 Å². The molecule has 1 atom stereocenters. The minimum atomic E-state index is -0.126. The minimum Gasteiger partial charge on any atom is -0.494 e. The summed E-state index contributed by atoms with van der Waals surface area (Å²) in [5.74, 6) is 1.14. The molecule has 1 amide bonds. The third-order valence-corrected chi connectivity index (χ3v) is 2.68. The number of carbonyl (C=O) groups excluding carboxylic acids is 1. The van der Waals surface area contributed by atoms with Gasteiger partial charge in [0.1, 0.15) is 18.1 Å². The number of rotatable bonds is 4. The van der Waals surface area contributed by atoms with Gasteiger partial charge in [-0.25, -0.2) is 0 Å². The molecule has 5 heteroatoms. The second kappa shape index (κ2) is 5.73. The Morgan fingerprint density at radius 2 is 2.39 bits per heavy atom. The monoisotopic (exact) mass is 250 g/mol. The molecule has 3 N–H and O–H groups in total. The van der Waals surface area contributed by atoms with Crippen LogP contribution in [-0.4, -0.2) is 31.7 Å². The van der Waals surface area contributed by atoms with E-state index in [9.17, 15) is 4.79 Å². The highest BCUT2D eigenvalue weighted by Gasteiger charge is 2.20. The van der Waals surface area contributed by atoms with Gasteiger partial charge in [-0.2, -0.15) is 0 Å². The number of benzene rings is 1. The van der Waals surface area contributed by atoms with Crippen LogP contribution >= 0.6 is 0 Å². The van der Waals surface area contributed by atoms with E-state index < -0.39 is 0 Å². The first-order valence-corrected chi connectivity index (χ1v) is 6.11. The van der Waals surface area contributed by atoms with Crippen molar-refractivity contribution in [1.29, 1.82) is 0 Å². The number of amides is 1. The summed E-state index contributed by atoms with van der Waals surface area (Å²) >= 11 is 0. The molecule has 0 aromatic heterocycles. The molecule has 0 spiro atoms. The van der Waals surface area contributed by atoms with E-state index in [1.807, 2.05) is 6.92 Å². The number of fused-ring (bicyclic) bond motifs is 1. The van der Waals surface area contributed by atoms with E-state index >= 15 is 0 Å². The number of hydrogen-bond donors (Lipinski definition) is 2. The first-order chi connectivity index (χ1) is 8.70. The fourth-order valence-electron chi connectivity index (χ4n) is 1.73. The van der Waals surface area contributed by atoms with Crippen LogP contribution < -0.4 is 20.5 Å². The number of nitrogens with two attached hydrogens (primary N) is 1. The van der Waals surface area contributed by atoms with Gasteiger partial charge in [-0.3, -0.25) is 4.79 Å². The quantitative estimate of drug-likeness (QED) is 0.779. The number of carbonyl (C=O) groups is 1. The molecule has 1 aromatic rings. The average molecular weight is 250 g/mol. The van der Waals surface area contributed by atoms with Gasteiger partial charge >= 0.3 is 0 Å². The lowest BCUT2D eigenvalue weighted by atomic mass is 10.1. The third-order valence-electron chi connectivity index (χ3n) is 2.68. The Bertz CT molecular complexity index is 434. The van der Waals surface area contributed by atoms with Crippen molar-refractivity contribution < 1.29 is 14.3 Å². The number of nitrogens with one attached hydrogen (secondary N) is 1. The lowest BCUT2D eigenvalue weighted by molar-refractivity contribution is 0.0942. The van der Waals surface area contributed by atoms with Crippen molar-refractivity contribution >= 4 is 5.91 Å². The van der Waals surface area contributed by atoms with Crippen LogP contribution in [0.25, 0.3) is 0 Å². The third kappa shape index (κ3) is 2.92. The first-order valence-electron chi connectivity index (χ1n) is 6.11. The van der Waals surface area contributed by atoms with Crippen LogP contribution in [0.2, 0.25) is 0 Å². The molecule has 0 bridgehead atoms. The van der Waals surface area contributed by atoms with Gasteiger partial charge in [0.2, 0.25) is 0 Å². The standard InChI is InChI=1S/C13H18N2O3/c1-9-8-18-12-4-3-10(17-6-2-5-14)7-11(12)13(16)15-9/h3-4,7,9H,2,5-6,8,14H2,1H3,(H,15,16). The summed E-state index contributed by atoms with van der Waals surface area (Å²) in [7, 11) is 0. The normalized spacial score (nSPS) is 18.3. The molecule has 5 nitrogen and oxygen atoms in total. The smallest absolute Gasteiger partial charge is 0.255 e. The molecular weight excluding hydrogens is 232 g/mol. The Kier molecular flexibility index (Phi) is 4.04. The highest BCUT2D eigenvalue weighted by Crippen LogP contribution is 2.26. The lowest BCUT2D eigenvalue weighted by Gasteiger charge is -2.09. The molecule has 0 radical (unpaired) electrons. The molecule has 1 aliphatic heterocycles. The second-order valence-corrected chi connectivity index (χ2v) is 4.33. The summed E-state index contributed by atoms with van der Waals surface area (Å²) < 4.78 is 11.1. The van der Waals surface area contributed by atoms with Gasteiger partial charge in [0.25, 0.3) is 5.91 Å². The van der Waals surface area contributed by atoms with E-state index in [-0.39, 0.29) is 11.9 Å². The molecule has 2 rings (SSSR count). The van der Waals surface area contributed by atoms with E-state index in [0.717, 1.165) is 6.42 Å². The molecule has 1 heterocycles. The second-order valence-electron chi connectivity index (χ2n) is 4.33. The van der Waals surface area contributed by atoms with Gasteiger partial charge < -0.3 is 20.5 Å². The lowest BCUT2D eigenvalue weighted by Crippen LogP contribution is -2.33. The molecule has 1 aromatic carbocycles. The van der Waals surface area contributed by atoms with Crippen molar-refractivity contribution in [2.24, 2.45) is 5.73 Å². The summed E-state index contributed by atoms with van der Waals surface area (Å²) in [5.41, 5.74) is 5.92. The average Bonchev–Trinajstić information content (AvgIpc) is 2.50. The van der Waals surface area contributed by atoms with Crippen LogP contribution in [-0.2, 0) is 0 Å². The van der Waals surface area contributed by atoms with Crippen molar-refractivity contribution in [3.8, 4) is 11.5 Å². The largest absolute Gasteiger partial charge is 0.494 e. The maximum Gasteiger partial charge on any atom is 0.255 e. The van der Waals surface area contributed by atoms with Crippen LogP contribution in [0.15, 0.2) is 18.2 Å². The van der Waals surface area contributed by atoms with Gasteiger partial charge in [-0.1, -0.05) is 0 Å². The molecule has 98 valence electrons. The van der Waals surface area contributed by atoms with E-state index in [4.69, 9.17) is 15.2 Å². The zero-order valence-corrected chi connectivity index (χ0v) is 10.4. The Balaban J connectivity index is 2.15. The summed E-state index contributed by atoms with van der Waals surface area (Å²) in [6.07, 6.45) is 0.789. The van der Waals surface area contributed by atoms with Crippen LogP contribution in [0.1, 0.15) is 23.7 Å². The van der Waals surface area contributed by atoms with Crippen LogP contribution in [0.4, 0.5) is 0 Å². The van der Waals surface area contributed by atoms with Gasteiger partial charge in [0.05, 0.1) is 18.2 Å². The van der Waals surface area contributed by atoms with Crippen LogP contribution in [0.5, 0.6) is 11.5 Å². The molecule has 0 saturated carbocycles. The highest BCUT2D eigenvalue weighted by molar-refractivity contribution is 5.97. The van der Waals surface area contributed by atoms with E-state index in [1.54, 1.807) is 18.2 Å². The molecule has 0 aliphatic carbocycles. The maximum absolute atomic E-state index is 11.9. The topological polar surface area (TPSA) is 73.6 Å². The van der Waals surface area contributed by atoms with Gasteiger partial charge in [-0.05, 0) is 38.1 Å². The predicted molar refractivity (Wildman–Crippen MR) is 68.0 cm³/mol. The Morgan fingerprint density at radius 3 is 3.17 bits per heavy atom. The summed E-state index contributed by atoms with van der Waals surface area (Å²) in [5, 5.41) is 2.85. The minimum absolute atomic E-state index is 0.00603. The molecular formula is C13H18N2O3. The predicted octanol–water partition coefficient (Wildman–Crippen LogP) is 0.925. The maximum atomic E-state index is 11.9. The Labute approximate surface area is 106 Å². The van der Waals surface area contributed by atoms with E-state index in [0.29, 0.717) is 36.8 Å². The van der Waals surface area contributed by atoms with Crippen molar-refractivity contribution in [3.05, 3.63) is 23.8 Å². The summed E-state index contributed by atoms with van der Waals surface area (Å²) in [4.78, 5) is 11.9. The number of ether oxygens (including phenoxy) is 2. The Hall–Kier alpha value is -1.75. The van der Waals surface area contributed by atoms with Crippen LogP contribution in [0, 0.1) is 0 Å².